The molecule has 2 aromatic carbocycles. The summed E-state index contributed by atoms with van der Waals surface area (Å²) in [5.41, 5.74) is 1.68. The first-order valence-corrected chi connectivity index (χ1v) is 11.7. The molecule has 2 aromatic rings. The second-order valence-electron chi connectivity index (χ2n) is 7.27. The average Bonchev–Trinajstić information content (AvgIpc) is 2.75. The van der Waals surface area contributed by atoms with E-state index in [1.807, 2.05) is 74.5 Å². The Morgan fingerprint density at radius 3 is 2.07 bits per heavy atom. The Bertz CT molecular complexity index is 895. The number of rotatable bonds is 7. The molecule has 1 atom stereocenters. The molecule has 3 rings (SSSR count). The highest BCUT2D eigenvalue weighted by Crippen LogP contribution is 2.19. The number of anilines is 1. The Labute approximate surface area is 173 Å². The molecule has 0 saturated carbocycles. The number of para-hydroxylation sites is 1. The molecule has 0 unspecified atom stereocenters. The van der Waals surface area contributed by atoms with E-state index >= 15 is 0 Å². The molecule has 1 aliphatic heterocycles. The van der Waals surface area contributed by atoms with E-state index in [2.05, 4.69) is 4.90 Å². The Morgan fingerprint density at radius 1 is 0.966 bits per heavy atom. The predicted octanol–water partition coefficient (Wildman–Crippen LogP) is 2.58. The van der Waals surface area contributed by atoms with Gasteiger partial charge in [-0.2, -0.15) is 4.31 Å². The summed E-state index contributed by atoms with van der Waals surface area (Å²) in [6.07, 6.45) is 0. The molecule has 29 heavy (non-hydrogen) atoms. The summed E-state index contributed by atoms with van der Waals surface area (Å²) in [6.45, 7) is 6.38. The summed E-state index contributed by atoms with van der Waals surface area (Å²) >= 11 is 0. The molecule has 1 heterocycles. The van der Waals surface area contributed by atoms with Gasteiger partial charge in [0.2, 0.25) is 15.9 Å². The maximum atomic E-state index is 13.0. The Hall–Kier alpha value is -2.22. The molecule has 1 aliphatic rings. The van der Waals surface area contributed by atoms with E-state index < -0.39 is 10.0 Å². The minimum atomic E-state index is -3.36. The number of piperazine rings is 1. The van der Waals surface area contributed by atoms with Gasteiger partial charge in [-0.25, -0.2) is 8.42 Å². The number of benzene rings is 2. The number of sulfonamides is 1. The number of nitrogens with zero attached hydrogens (tertiary/aromatic N) is 3. The Balaban J connectivity index is 1.60. The first kappa shape index (κ1) is 21.5. The summed E-state index contributed by atoms with van der Waals surface area (Å²) in [5, 5.41) is 0. The van der Waals surface area contributed by atoms with Crippen molar-refractivity contribution in [1.29, 1.82) is 0 Å². The second-order valence-corrected chi connectivity index (χ2v) is 9.24. The van der Waals surface area contributed by atoms with Gasteiger partial charge in [-0.15, -0.1) is 0 Å². The van der Waals surface area contributed by atoms with Gasteiger partial charge in [-0.3, -0.25) is 9.69 Å². The molecule has 1 fully saturated rings. The minimum Gasteiger partial charge on any atom is -0.311 e. The van der Waals surface area contributed by atoms with Gasteiger partial charge in [0.25, 0.3) is 0 Å². The zero-order chi connectivity index (χ0) is 20.9. The fraction of sp³-hybridized carbons (Fsp3) is 0.409. The molecule has 0 spiro atoms. The van der Waals surface area contributed by atoms with Crippen molar-refractivity contribution in [3.63, 3.8) is 0 Å². The Kier molecular flexibility index (Phi) is 7.05. The molecule has 0 N–H and O–H groups in total. The van der Waals surface area contributed by atoms with Gasteiger partial charge in [0.1, 0.15) is 0 Å². The lowest BCUT2D eigenvalue weighted by molar-refractivity contribution is -0.123. The maximum absolute atomic E-state index is 13.0. The van der Waals surface area contributed by atoms with Crippen molar-refractivity contribution in [2.75, 3.05) is 37.6 Å². The third kappa shape index (κ3) is 5.23. The number of carbonyl (C=O) groups excluding carboxylic acids is 1. The SMILES string of the molecule is CCN(C(=O)[C@@H](C)N1CCN(S(=O)(=O)Cc2ccccc2)CC1)c1ccccc1. The largest absolute Gasteiger partial charge is 0.311 e. The molecule has 156 valence electrons. The zero-order valence-corrected chi connectivity index (χ0v) is 17.9. The standard InChI is InChI=1S/C22H29N3O3S/c1-3-25(21-12-8-5-9-13-21)22(26)19(2)23-14-16-24(17-15-23)29(27,28)18-20-10-6-4-7-11-20/h4-13,19H,3,14-18H2,1-2H3/t19-/m1/s1. The third-order valence-corrected chi connectivity index (χ3v) is 7.26. The van der Waals surface area contributed by atoms with Crippen molar-refractivity contribution in [1.82, 2.24) is 9.21 Å². The van der Waals surface area contributed by atoms with Crippen LogP contribution in [0, 0.1) is 0 Å². The van der Waals surface area contributed by atoms with Gasteiger partial charge < -0.3 is 4.90 Å². The molecule has 0 aliphatic carbocycles. The molecule has 1 saturated heterocycles. The van der Waals surface area contributed by atoms with Crippen LogP contribution in [-0.2, 0) is 20.6 Å². The molecule has 1 amide bonds. The highest BCUT2D eigenvalue weighted by Gasteiger charge is 2.32. The van der Waals surface area contributed by atoms with E-state index in [1.54, 1.807) is 9.21 Å². The molecular weight excluding hydrogens is 386 g/mol. The summed E-state index contributed by atoms with van der Waals surface area (Å²) in [7, 11) is -3.36. The summed E-state index contributed by atoms with van der Waals surface area (Å²) < 4.78 is 27.0. The molecule has 6 nitrogen and oxygen atoms in total. The second kappa shape index (κ2) is 9.52. The summed E-state index contributed by atoms with van der Waals surface area (Å²) in [4.78, 5) is 16.9. The normalized spacial score (nSPS) is 17.0. The van der Waals surface area contributed by atoms with Crippen LogP contribution in [-0.4, -0.2) is 62.3 Å². The average molecular weight is 416 g/mol. The maximum Gasteiger partial charge on any atom is 0.244 e. The van der Waals surface area contributed by atoms with Gasteiger partial charge in [0.05, 0.1) is 11.8 Å². The lowest BCUT2D eigenvalue weighted by Gasteiger charge is -2.38. The van der Waals surface area contributed by atoms with Crippen molar-refractivity contribution in [2.45, 2.75) is 25.6 Å². The first-order chi connectivity index (χ1) is 13.9. The number of hydrogen-bond donors (Lipinski definition) is 0. The van der Waals surface area contributed by atoms with Gasteiger partial charge in [-0.05, 0) is 31.5 Å². The van der Waals surface area contributed by atoms with Gasteiger partial charge in [0, 0.05) is 38.4 Å². The van der Waals surface area contributed by atoms with Crippen LogP contribution in [0.2, 0.25) is 0 Å². The highest BCUT2D eigenvalue weighted by atomic mass is 32.2. The fourth-order valence-corrected chi connectivity index (χ4v) is 5.22. The van der Waals surface area contributed by atoms with E-state index in [9.17, 15) is 13.2 Å². The highest BCUT2D eigenvalue weighted by molar-refractivity contribution is 7.88. The first-order valence-electron chi connectivity index (χ1n) is 10.0. The Morgan fingerprint density at radius 2 is 1.52 bits per heavy atom. The quantitative estimate of drug-likeness (QED) is 0.697. The van der Waals surface area contributed by atoms with Crippen LogP contribution < -0.4 is 4.90 Å². The number of hydrogen-bond acceptors (Lipinski definition) is 4. The molecule has 0 radical (unpaired) electrons. The predicted molar refractivity (Wildman–Crippen MR) is 116 cm³/mol. The monoisotopic (exact) mass is 415 g/mol. The van der Waals surface area contributed by atoms with E-state index in [4.69, 9.17) is 0 Å². The number of likely N-dealkylation sites (N-methyl/N-ethyl adjacent to an activating group) is 1. The molecule has 0 bridgehead atoms. The van der Waals surface area contributed by atoms with Gasteiger partial charge in [0.15, 0.2) is 0 Å². The zero-order valence-electron chi connectivity index (χ0n) is 17.1. The summed E-state index contributed by atoms with van der Waals surface area (Å²) in [5.74, 6) is 0.0548. The van der Waals surface area contributed by atoms with Crippen LogP contribution in [0.3, 0.4) is 0 Å². The minimum absolute atomic E-state index is 0.0138. The number of carbonyl (C=O) groups is 1. The smallest absolute Gasteiger partial charge is 0.244 e. The number of amides is 1. The van der Waals surface area contributed by atoms with Crippen LogP contribution >= 0.6 is 0 Å². The molecular formula is C22H29N3O3S. The van der Waals surface area contributed by atoms with Crippen LogP contribution in [0.15, 0.2) is 60.7 Å². The van der Waals surface area contributed by atoms with Gasteiger partial charge >= 0.3 is 0 Å². The van der Waals surface area contributed by atoms with Crippen LogP contribution in [0.5, 0.6) is 0 Å². The van der Waals surface area contributed by atoms with Crippen LogP contribution in [0.25, 0.3) is 0 Å². The van der Waals surface area contributed by atoms with E-state index in [-0.39, 0.29) is 17.7 Å². The lowest BCUT2D eigenvalue weighted by atomic mass is 10.2. The van der Waals surface area contributed by atoms with Crippen molar-refractivity contribution >= 4 is 21.6 Å². The van der Waals surface area contributed by atoms with Crippen LogP contribution in [0.4, 0.5) is 5.69 Å². The van der Waals surface area contributed by atoms with Crippen molar-refractivity contribution < 1.29 is 13.2 Å². The fourth-order valence-electron chi connectivity index (χ4n) is 3.70. The van der Waals surface area contributed by atoms with Crippen LogP contribution in [0.1, 0.15) is 19.4 Å². The molecule has 0 aromatic heterocycles. The van der Waals surface area contributed by atoms with E-state index in [0.29, 0.717) is 32.7 Å². The molecule has 7 heteroatoms. The topological polar surface area (TPSA) is 60.9 Å². The summed E-state index contributed by atoms with van der Waals surface area (Å²) in [6, 6.07) is 18.6. The van der Waals surface area contributed by atoms with Crippen molar-refractivity contribution in [2.24, 2.45) is 0 Å². The third-order valence-electron chi connectivity index (χ3n) is 5.41. The van der Waals surface area contributed by atoms with Crippen molar-refractivity contribution in [3.8, 4) is 0 Å². The van der Waals surface area contributed by atoms with Crippen molar-refractivity contribution in [3.05, 3.63) is 66.2 Å². The van der Waals surface area contributed by atoms with Gasteiger partial charge in [-0.1, -0.05) is 48.5 Å². The lowest BCUT2D eigenvalue weighted by Crippen LogP contribution is -2.55. The van der Waals surface area contributed by atoms with E-state index in [1.165, 1.54) is 0 Å². The van der Waals surface area contributed by atoms with E-state index in [0.717, 1.165) is 11.3 Å².